The fraction of sp³-hybridized carbons (Fsp3) is 0.385. The van der Waals surface area contributed by atoms with Gasteiger partial charge >= 0.3 is 12.1 Å². The summed E-state index contributed by atoms with van der Waals surface area (Å²) >= 11 is 0. The minimum absolute atomic E-state index is 0.0700. The Morgan fingerprint density at radius 1 is 1.40 bits per heavy atom. The van der Waals surface area contributed by atoms with Gasteiger partial charge in [0, 0.05) is 18.7 Å². The van der Waals surface area contributed by atoms with Gasteiger partial charge in [-0.05, 0) is 24.6 Å². The first-order valence-corrected chi connectivity index (χ1v) is 5.91. The van der Waals surface area contributed by atoms with Crippen molar-refractivity contribution in [3.63, 3.8) is 0 Å². The van der Waals surface area contributed by atoms with Gasteiger partial charge in [-0.25, -0.2) is 0 Å². The number of carboxylic acid groups (broad SMARTS) is 1. The van der Waals surface area contributed by atoms with E-state index in [0.717, 1.165) is 11.0 Å². The third kappa shape index (κ3) is 2.48. The first-order chi connectivity index (χ1) is 9.21. The molecule has 1 unspecified atom stereocenters. The number of rotatable bonds is 2. The maximum absolute atomic E-state index is 12.8. The van der Waals surface area contributed by atoms with Gasteiger partial charge in [-0.15, -0.1) is 0 Å². The molecule has 1 amide bonds. The quantitative estimate of drug-likeness (QED) is 0.909. The SMILES string of the molecule is Cc1c(N2CC(C(=O)O)CC2=O)cccc1C(F)(F)F. The van der Waals surface area contributed by atoms with Crippen molar-refractivity contribution in [1.82, 2.24) is 0 Å². The van der Waals surface area contributed by atoms with Gasteiger partial charge in [0.2, 0.25) is 5.91 Å². The van der Waals surface area contributed by atoms with Gasteiger partial charge in [0.25, 0.3) is 0 Å². The van der Waals surface area contributed by atoms with Gasteiger partial charge in [0.05, 0.1) is 11.5 Å². The molecule has 0 saturated carbocycles. The van der Waals surface area contributed by atoms with Crippen molar-refractivity contribution in [2.45, 2.75) is 19.5 Å². The summed E-state index contributed by atoms with van der Waals surface area (Å²) in [6.07, 6.45) is -4.69. The van der Waals surface area contributed by atoms with Crippen molar-refractivity contribution in [2.75, 3.05) is 11.4 Å². The summed E-state index contributed by atoms with van der Waals surface area (Å²) in [5, 5.41) is 8.89. The third-order valence-electron chi connectivity index (χ3n) is 3.38. The van der Waals surface area contributed by atoms with Crippen LogP contribution in [-0.4, -0.2) is 23.5 Å². The molecule has 20 heavy (non-hydrogen) atoms. The maximum atomic E-state index is 12.8. The summed E-state index contributed by atoms with van der Waals surface area (Å²) in [4.78, 5) is 23.8. The van der Waals surface area contributed by atoms with E-state index >= 15 is 0 Å². The van der Waals surface area contributed by atoms with E-state index in [1.54, 1.807) is 0 Å². The zero-order valence-corrected chi connectivity index (χ0v) is 10.6. The van der Waals surface area contributed by atoms with Gasteiger partial charge in [-0.2, -0.15) is 13.2 Å². The molecule has 2 rings (SSSR count). The molecule has 1 fully saturated rings. The van der Waals surface area contributed by atoms with Crippen LogP contribution in [0.15, 0.2) is 18.2 Å². The zero-order chi connectivity index (χ0) is 15.1. The van der Waals surface area contributed by atoms with E-state index in [0.29, 0.717) is 0 Å². The van der Waals surface area contributed by atoms with Crippen molar-refractivity contribution in [1.29, 1.82) is 0 Å². The number of anilines is 1. The smallest absolute Gasteiger partial charge is 0.416 e. The van der Waals surface area contributed by atoms with Crippen LogP contribution in [0.5, 0.6) is 0 Å². The average Bonchev–Trinajstić information content (AvgIpc) is 2.70. The predicted octanol–water partition coefficient (Wildman–Crippen LogP) is 2.45. The molecule has 1 heterocycles. The summed E-state index contributed by atoms with van der Waals surface area (Å²) in [5.74, 6) is -2.47. The highest BCUT2D eigenvalue weighted by atomic mass is 19.4. The van der Waals surface area contributed by atoms with Crippen LogP contribution in [0.1, 0.15) is 17.5 Å². The maximum Gasteiger partial charge on any atom is 0.416 e. The average molecular weight is 287 g/mol. The number of nitrogens with zero attached hydrogens (tertiary/aromatic N) is 1. The summed E-state index contributed by atoms with van der Waals surface area (Å²) in [5.41, 5.74) is -0.769. The van der Waals surface area contributed by atoms with Crippen LogP contribution in [0.3, 0.4) is 0 Å². The number of amides is 1. The van der Waals surface area contributed by atoms with E-state index in [9.17, 15) is 22.8 Å². The molecule has 0 spiro atoms. The fourth-order valence-corrected chi connectivity index (χ4v) is 2.33. The Morgan fingerprint density at radius 3 is 2.55 bits per heavy atom. The van der Waals surface area contributed by atoms with Gasteiger partial charge in [-0.3, -0.25) is 9.59 Å². The topological polar surface area (TPSA) is 57.6 Å². The van der Waals surface area contributed by atoms with Gasteiger partial charge < -0.3 is 10.0 Å². The van der Waals surface area contributed by atoms with Crippen LogP contribution in [0.4, 0.5) is 18.9 Å². The van der Waals surface area contributed by atoms with Gasteiger partial charge in [-0.1, -0.05) is 6.07 Å². The molecule has 1 aromatic carbocycles. The second-order valence-corrected chi connectivity index (χ2v) is 4.69. The molecule has 0 radical (unpaired) electrons. The highest BCUT2D eigenvalue weighted by Crippen LogP contribution is 2.37. The third-order valence-corrected chi connectivity index (χ3v) is 3.38. The Bertz CT molecular complexity index is 568. The van der Waals surface area contributed by atoms with E-state index in [-0.39, 0.29) is 24.2 Å². The first-order valence-electron chi connectivity index (χ1n) is 5.91. The monoisotopic (exact) mass is 287 g/mol. The number of carbonyl (C=O) groups is 2. The van der Waals surface area contributed by atoms with Crippen molar-refractivity contribution in [3.05, 3.63) is 29.3 Å². The number of hydrogen-bond acceptors (Lipinski definition) is 2. The Kier molecular flexibility index (Phi) is 3.45. The summed E-state index contributed by atoms with van der Waals surface area (Å²) in [6.45, 7) is 1.18. The lowest BCUT2D eigenvalue weighted by atomic mass is 10.1. The minimum Gasteiger partial charge on any atom is -0.481 e. The van der Waals surface area contributed by atoms with E-state index in [2.05, 4.69) is 0 Å². The van der Waals surface area contributed by atoms with Crippen LogP contribution < -0.4 is 4.90 Å². The number of halogens is 3. The van der Waals surface area contributed by atoms with Gasteiger partial charge in [0.1, 0.15) is 0 Å². The number of aliphatic carboxylic acids is 1. The van der Waals surface area contributed by atoms with Crippen molar-refractivity contribution >= 4 is 17.6 Å². The highest BCUT2D eigenvalue weighted by Gasteiger charge is 2.38. The molecule has 1 atom stereocenters. The lowest BCUT2D eigenvalue weighted by Crippen LogP contribution is -2.27. The highest BCUT2D eigenvalue weighted by molar-refractivity contribution is 5.99. The van der Waals surface area contributed by atoms with Crippen molar-refractivity contribution < 1.29 is 27.9 Å². The van der Waals surface area contributed by atoms with Crippen LogP contribution in [0, 0.1) is 12.8 Å². The van der Waals surface area contributed by atoms with Crippen molar-refractivity contribution in [2.24, 2.45) is 5.92 Å². The van der Waals surface area contributed by atoms with Crippen LogP contribution in [-0.2, 0) is 15.8 Å². The van der Waals surface area contributed by atoms with Crippen LogP contribution >= 0.6 is 0 Å². The first kappa shape index (κ1) is 14.4. The number of carboxylic acids is 1. The standard InChI is InChI=1S/C13H12F3NO3/c1-7-9(13(14,15)16)3-2-4-10(7)17-6-8(12(19)20)5-11(17)18/h2-4,8H,5-6H2,1H3,(H,19,20). The molecule has 108 valence electrons. The lowest BCUT2D eigenvalue weighted by Gasteiger charge is -2.21. The van der Waals surface area contributed by atoms with E-state index in [1.807, 2.05) is 0 Å². The molecule has 1 aromatic rings. The molecule has 0 aromatic heterocycles. The van der Waals surface area contributed by atoms with Crippen LogP contribution in [0.2, 0.25) is 0 Å². The molecule has 7 heteroatoms. The molecule has 1 N–H and O–H groups in total. The second kappa shape index (κ2) is 4.81. The largest absolute Gasteiger partial charge is 0.481 e. The van der Waals surface area contributed by atoms with Gasteiger partial charge in [0.15, 0.2) is 0 Å². The molecule has 0 bridgehead atoms. The second-order valence-electron chi connectivity index (χ2n) is 4.69. The van der Waals surface area contributed by atoms with E-state index in [1.165, 1.54) is 19.1 Å². The molecular weight excluding hydrogens is 275 g/mol. The summed E-state index contributed by atoms with van der Waals surface area (Å²) in [7, 11) is 0. The summed E-state index contributed by atoms with van der Waals surface area (Å²) < 4.78 is 38.5. The lowest BCUT2D eigenvalue weighted by molar-refractivity contribution is -0.141. The van der Waals surface area contributed by atoms with E-state index in [4.69, 9.17) is 5.11 Å². The number of benzene rings is 1. The number of alkyl halides is 3. The Labute approximate surface area is 112 Å². The number of hydrogen-bond donors (Lipinski definition) is 1. The molecular formula is C13H12F3NO3. The molecule has 1 aliphatic rings. The Hall–Kier alpha value is -2.05. The molecule has 1 aliphatic heterocycles. The molecule has 4 nitrogen and oxygen atoms in total. The Balaban J connectivity index is 2.40. The van der Waals surface area contributed by atoms with Crippen LogP contribution in [0.25, 0.3) is 0 Å². The van der Waals surface area contributed by atoms with E-state index < -0.39 is 29.5 Å². The number of carbonyl (C=O) groups excluding carboxylic acids is 1. The summed E-state index contributed by atoms with van der Waals surface area (Å²) in [6, 6.07) is 3.55. The predicted molar refractivity (Wildman–Crippen MR) is 64.3 cm³/mol. The van der Waals surface area contributed by atoms with Crippen molar-refractivity contribution in [3.8, 4) is 0 Å². The Morgan fingerprint density at radius 2 is 2.05 bits per heavy atom. The molecule has 1 saturated heterocycles. The minimum atomic E-state index is -4.50. The molecule has 0 aliphatic carbocycles. The zero-order valence-electron chi connectivity index (χ0n) is 10.6. The fourth-order valence-electron chi connectivity index (χ4n) is 2.33. The normalized spacial score (nSPS) is 19.5.